The van der Waals surface area contributed by atoms with Crippen LogP contribution < -0.4 is 0 Å². The molecule has 0 aliphatic carbocycles. The van der Waals surface area contributed by atoms with Gasteiger partial charge in [-0.3, -0.25) is 0 Å². The number of nitrogens with zero attached hydrogens (tertiary/aromatic N) is 1. The van der Waals surface area contributed by atoms with E-state index in [-0.39, 0.29) is 0 Å². The van der Waals surface area contributed by atoms with Gasteiger partial charge in [-0.2, -0.15) is 0 Å². The third-order valence-electron chi connectivity index (χ3n) is 0.906. The number of thioether (sulfide) groups is 1. The SMILES string of the molecule is C#CCCSc1cscn1. The average Bonchev–Trinajstić information content (AvgIpc) is 2.41. The molecule has 0 aliphatic heterocycles. The first-order valence-corrected chi connectivity index (χ1v) is 4.81. The van der Waals surface area contributed by atoms with Crippen molar-refractivity contribution < 1.29 is 0 Å². The van der Waals surface area contributed by atoms with Gasteiger partial charge in [-0.1, -0.05) is 0 Å². The summed E-state index contributed by atoms with van der Waals surface area (Å²) in [5.41, 5.74) is 1.83. The first-order chi connectivity index (χ1) is 4.93. The highest BCUT2D eigenvalue weighted by Gasteiger charge is 1.92. The van der Waals surface area contributed by atoms with Crippen LogP contribution in [0.15, 0.2) is 15.9 Å². The predicted octanol–water partition coefficient (Wildman–Crippen LogP) is 2.26. The lowest BCUT2D eigenvalue weighted by Gasteiger charge is -1.89. The van der Waals surface area contributed by atoms with Gasteiger partial charge in [0.1, 0.15) is 5.03 Å². The zero-order chi connectivity index (χ0) is 7.23. The first-order valence-electron chi connectivity index (χ1n) is 2.88. The molecule has 0 bridgehead atoms. The van der Waals surface area contributed by atoms with Crippen LogP contribution in [0, 0.1) is 12.3 Å². The van der Waals surface area contributed by atoms with E-state index in [4.69, 9.17) is 6.42 Å². The Morgan fingerprint density at radius 1 is 1.80 bits per heavy atom. The molecule has 0 saturated carbocycles. The summed E-state index contributed by atoms with van der Waals surface area (Å²) < 4.78 is 0. The number of hydrogen-bond donors (Lipinski definition) is 0. The van der Waals surface area contributed by atoms with E-state index < -0.39 is 0 Å². The summed E-state index contributed by atoms with van der Waals surface area (Å²) >= 11 is 3.32. The summed E-state index contributed by atoms with van der Waals surface area (Å²) in [5.74, 6) is 3.56. The molecule has 1 rings (SSSR count). The quantitative estimate of drug-likeness (QED) is 0.391. The molecule has 0 unspecified atom stereocenters. The number of terminal acetylenes is 1. The van der Waals surface area contributed by atoms with E-state index >= 15 is 0 Å². The second kappa shape index (κ2) is 4.37. The molecule has 0 amide bonds. The molecule has 1 aromatic heterocycles. The fourth-order valence-corrected chi connectivity index (χ4v) is 1.96. The molecule has 1 heterocycles. The van der Waals surface area contributed by atoms with Gasteiger partial charge in [0.25, 0.3) is 0 Å². The number of rotatable bonds is 3. The standard InChI is InChI=1S/C7H7NS2/c1-2-3-4-10-7-5-9-6-8-7/h1,5-6H,3-4H2. The zero-order valence-electron chi connectivity index (χ0n) is 5.41. The van der Waals surface area contributed by atoms with Crippen molar-refractivity contribution in [3.63, 3.8) is 0 Å². The molecule has 0 fully saturated rings. The van der Waals surface area contributed by atoms with Crippen molar-refractivity contribution in [2.24, 2.45) is 0 Å². The van der Waals surface area contributed by atoms with E-state index in [1.54, 1.807) is 23.1 Å². The molecular weight excluding hydrogens is 162 g/mol. The maximum Gasteiger partial charge on any atom is 0.107 e. The normalized spacial score (nSPS) is 9.10. The molecule has 52 valence electrons. The Hall–Kier alpha value is -0.460. The molecule has 0 saturated heterocycles. The molecule has 0 aliphatic rings. The molecule has 1 nitrogen and oxygen atoms in total. The van der Waals surface area contributed by atoms with Crippen LogP contribution >= 0.6 is 23.1 Å². The van der Waals surface area contributed by atoms with Crippen molar-refractivity contribution in [3.05, 3.63) is 10.9 Å². The van der Waals surface area contributed by atoms with Crippen LogP contribution in [0.3, 0.4) is 0 Å². The molecule has 1 aromatic rings. The van der Waals surface area contributed by atoms with Crippen LogP contribution in [0.2, 0.25) is 0 Å². The fourth-order valence-electron chi connectivity index (χ4n) is 0.487. The van der Waals surface area contributed by atoms with Gasteiger partial charge in [-0.05, 0) is 0 Å². The van der Waals surface area contributed by atoms with Gasteiger partial charge < -0.3 is 0 Å². The Morgan fingerprint density at radius 2 is 2.70 bits per heavy atom. The van der Waals surface area contributed by atoms with E-state index in [2.05, 4.69) is 10.9 Å². The summed E-state index contributed by atoms with van der Waals surface area (Å²) in [6.45, 7) is 0. The summed E-state index contributed by atoms with van der Waals surface area (Å²) in [6.07, 6.45) is 5.91. The lowest BCUT2D eigenvalue weighted by molar-refractivity contribution is 1.19. The van der Waals surface area contributed by atoms with Crippen LogP contribution in [0.1, 0.15) is 6.42 Å². The average molecular weight is 169 g/mol. The highest BCUT2D eigenvalue weighted by atomic mass is 32.2. The van der Waals surface area contributed by atoms with Crippen LogP contribution in [0.5, 0.6) is 0 Å². The van der Waals surface area contributed by atoms with E-state index in [0.717, 1.165) is 17.2 Å². The van der Waals surface area contributed by atoms with E-state index in [9.17, 15) is 0 Å². The minimum atomic E-state index is 0.822. The third-order valence-corrected chi connectivity index (χ3v) is 2.57. The van der Waals surface area contributed by atoms with E-state index in [1.165, 1.54) is 0 Å². The monoisotopic (exact) mass is 169 g/mol. The third kappa shape index (κ3) is 2.42. The Bertz CT molecular complexity index is 210. The second-order valence-electron chi connectivity index (χ2n) is 1.63. The van der Waals surface area contributed by atoms with Crippen LogP contribution in [-0.4, -0.2) is 10.7 Å². The minimum Gasteiger partial charge on any atom is -0.238 e. The Morgan fingerprint density at radius 3 is 3.30 bits per heavy atom. The highest BCUT2D eigenvalue weighted by Crippen LogP contribution is 2.17. The summed E-state index contributed by atoms with van der Waals surface area (Å²) in [4.78, 5) is 4.10. The summed E-state index contributed by atoms with van der Waals surface area (Å²) in [7, 11) is 0. The second-order valence-corrected chi connectivity index (χ2v) is 3.46. The summed E-state index contributed by atoms with van der Waals surface area (Å²) in [5, 5.41) is 3.11. The fraction of sp³-hybridized carbons (Fsp3) is 0.286. The van der Waals surface area contributed by atoms with Gasteiger partial charge in [-0.25, -0.2) is 4.98 Å². The molecule has 0 spiro atoms. The Kier molecular flexibility index (Phi) is 3.34. The molecule has 0 aromatic carbocycles. The maximum absolute atomic E-state index is 5.09. The molecule has 3 heteroatoms. The molecule has 0 radical (unpaired) electrons. The number of hydrogen-bond acceptors (Lipinski definition) is 3. The lowest BCUT2D eigenvalue weighted by Crippen LogP contribution is -1.74. The Labute approximate surface area is 68.9 Å². The Balaban J connectivity index is 2.23. The molecule has 0 atom stereocenters. The van der Waals surface area contributed by atoms with Gasteiger partial charge in [0.15, 0.2) is 0 Å². The topological polar surface area (TPSA) is 12.9 Å². The molecule has 0 N–H and O–H groups in total. The van der Waals surface area contributed by atoms with Crippen molar-refractivity contribution in [2.75, 3.05) is 5.75 Å². The van der Waals surface area contributed by atoms with E-state index in [0.29, 0.717) is 0 Å². The van der Waals surface area contributed by atoms with Crippen molar-refractivity contribution >= 4 is 23.1 Å². The van der Waals surface area contributed by atoms with Crippen LogP contribution in [0.4, 0.5) is 0 Å². The number of thiazole rings is 1. The van der Waals surface area contributed by atoms with Crippen molar-refractivity contribution in [1.82, 2.24) is 4.98 Å². The zero-order valence-corrected chi connectivity index (χ0v) is 7.04. The van der Waals surface area contributed by atoms with Crippen LogP contribution in [-0.2, 0) is 0 Å². The van der Waals surface area contributed by atoms with Gasteiger partial charge in [0.2, 0.25) is 0 Å². The molecule has 10 heavy (non-hydrogen) atoms. The van der Waals surface area contributed by atoms with Gasteiger partial charge in [0.05, 0.1) is 5.51 Å². The molecular formula is C7H7NS2. The lowest BCUT2D eigenvalue weighted by atomic mass is 10.5. The van der Waals surface area contributed by atoms with Gasteiger partial charge in [0, 0.05) is 17.6 Å². The van der Waals surface area contributed by atoms with Crippen molar-refractivity contribution in [1.29, 1.82) is 0 Å². The van der Waals surface area contributed by atoms with Crippen LogP contribution in [0.25, 0.3) is 0 Å². The predicted molar refractivity (Wildman–Crippen MR) is 46.3 cm³/mol. The van der Waals surface area contributed by atoms with Gasteiger partial charge in [-0.15, -0.1) is 35.4 Å². The maximum atomic E-state index is 5.09. The van der Waals surface area contributed by atoms with Crippen molar-refractivity contribution in [2.45, 2.75) is 11.4 Å². The van der Waals surface area contributed by atoms with Gasteiger partial charge >= 0.3 is 0 Å². The number of aromatic nitrogens is 1. The van der Waals surface area contributed by atoms with E-state index in [1.807, 2.05) is 10.9 Å². The highest BCUT2D eigenvalue weighted by molar-refractivity contribution is 7.99. The smallest absolute Gasteiger partial charge is 0.107 e. The largest absolute Gasteiger partial charge is 0.238 e. The summed E-state index contributed by atoms with van der Waals surface area (Å²) in [6, 6.07) is 0. The van der Waals surface area contributed by atoms with Crippen molar-refractivity contribution in [3.8, 4) is 12.3 Å². The first kappa shape index (κ1) is 7.64. The minimum absolute atomic E-state index is 0.822.